The lowest BCUT2D eigenvalue weighted by Gasteiger charge is -2.13. The van der Waals surface area contributed by atoms with Gasteiger partial charge in [0, 0.05) is 23.4 Å². The SMILES string of the molecule is COC(=O)c1cc(S(=O)(=O)NCCc2nc(-c3ccc(F)cc3)sc2C)ccc1C(C)C. The summed E-state index contributed by atoms with van der Waals surface area (Å²) in [6, 6.07) is 10.6. The summed E-state index contributed by atoms with van der Waals surface area (Å²) in [5, 5.41) is 0.757. The number of ether oxygens (including phenoxy) is 1. The van der Waals surface area contributed by atoms with E-state index in [1.807, 2.05) is 20.8 Å². The molecule has 0 aliphatic carbocycles. The zero-order chi connectivity index (χ0) is 23.5. The van der Waals surface area contributed by atoms with E-state index in [1.54, 1.807) is 18.2 Å². The number of hydrogen-bond acceptors (Lipinski definition) is 6. The molecule has 0 unspecified atom stereocenters. The molecule has 0 amide bonds. The van der Waals surface area contributed by atoms with Crippen LogP contribution in [0.25, 0.3) is 10.6 Å². The number of benzene rings is 2. The lowest BCUT2D eigenvalue weighted by molar-refractivity contribution is 0.0598. The second-order valence-electron chi connectivity index (χ2n) is 7.57. The number of carbonyl (C=O) groups excluding carboxylic acids is 1. The number of hydrogen-bond donors (Lipinski definition) is 1. The van der Waals surface area contributed by atoms with E-state index in [1.165, 1.54) is 42.7 Å². The fraction of sp³-hybridized carbons (Fsp3) is 0.304. The number of aromatic nitrogens is 1. The van der Waals surface area contributed by atoms with Crippen molar-refractivity contribution in [1.82, 2.24) is 9.71 Å². The standard InChI is InChI=1S/C23H25FN2O4S2/c1-14(2)19-10-9-18(13-20(19)23(27)30-4)32(28,29)25-12-11-21-15(3)31-22(26-21)16-5-7-17(24)8-6-16/h5-10,13-14,25H,11-12H2,1-4H3. The van der Waals surface area contributed by atoms with Gasteiger partial charge < -0.3 is 4.74 Å². The van der Waals surface area contributed by atoms with Crippen molar-refractivity contribution in [2.75, 3.05) is 13.7 Å². The number of carbonyl (C=O) groups is 1. The highest BCUT2D eigenvalue weighted by atomic mass is 32.2. The number of esters is 1. The second-order valence-corrected chi connectivity index (χ2v) is 10.5. The molecule has 6 nitrogen and oxygen atoms in total. The first kappa shape index (κ1) is 24.0. The molecule has 0 saturated heterocycles. The van der Waals surface area contributed by atoms with E-state index in [4.69, 9.17) is 4.74 Å². The highest BCUT2D eigenvalue weighted by Gasteiger charge is 2.21. The minimum absolute atomic E-state index is 0.00398. The Balaban J connectivity index is 1.73. The van der Waals surface area contributed by atoms with E-state index >= 15 is 0 Å². The summed E-state index contributed by atoms with van der Waals surface area (Å²) in [6.45, 7) is 5.91. The van der Waals surface area contributed by atoms with E-state index < -0.39 is 16.0 Å². The summed E-state index contributed by atoms with van der Waals surface area (Å²) in [5.41, 5.74) is 2.56. The Hall–Kier alpha value is -2.62. The summed E-state index contributed by atoms with van der Waals surface area (Å²) < 4.78 is 46.1. The molecule has 1 aromatic heterocycles. The normalized spacial score (nSPS) is 11.7. The molecule has 1 N–H and O–H groups in total. The molecule has 9 heteroatoms. The van der Waals surface area contributed by atoms with E-state index in [-0.39, 0.29) is 28.7 Å². The summed E-state index contributed by atoms with van der Waals surface area (Å²) >= 11 is 1.48. The molecular weight excluding hydrogens is 451 g/mol. The van der Waals surface area contributed by atoms with Gasteiger partial charge in [-0.3, -0.25) is 0 Å². The van der Waals surface area contributed by atoms with Crippen LogP contribution in [-0.4, -0.2) is 33.0 Å². The van der Waals surface area contributed by atoms with Gasteiger partial charge in [-0.05, 0) is 54.8 Å². The number of halogens is 1. The van der Waals surface area contributed by atoms with Crippen LogP contribution < -0.4 is 4.72 Å². The van der Waals surface area contributed by atoms with Crippen molar-refractivity contribution in [3.8, 4) is 10.6 Å². The van der Waals surface area contributed by atoms with Crippen molar-refractivity contribution < 1.29 is 22.3 Å². The van der Waals surface area contributed by atoms with Crippen LogP contribution in [0, 0.1) is 12.7 Å². The van der Waals surface area contributed by atoms with Crippen LogP contribution in [0.2, 0.25) is 0 Å². The van der Waals surface area contributed by atoms with E-state index in [2.05, 4.69) is 9.71 Å². The van der Waals surface area contributed by atoms with Gasteiger partial charge >= 0.3 is 5.97 Å². The smallest absolute Gasteiger partial charge is 0.338 e. The third-order valence-corrected chi connectivity index (χ3v) is 7.52. The van der Waals surface area contributed by atoms with Crippen molar-refractivity contribution in [3.05, 3.63) is 70.0 Å². The molecule has 2 aromatic carbocycles. The molecule has 1 heterocycles. The van der Waals surface area contributed by atoms with Crippen molar-refractivity contribution >= 4 is 27.3 Å². The van der Waals surface area contributed by atoms with Crippen molar-refractivity contribution in [2.45, 2.75) is 38.0 Å². The highest BCUT2D eigenvalue weighted by Crippen LogP contribution is 2.28. The van der Waals surface area contributed by atoms with Gasteiger partial charge in [0.15, 0.2) is 0 Å². The number of nitrogens with zero attached hydrogens (tertiary/aromatic N) is 1. The van der Waals surface area contributed by atoms with E-state index in [0.717, 1.165) is 26.7 Å². The quantitative estimate of drug-likeness (QED) is 0.477. The Labute approximate surface area is 191 Å². The molecule has 0 saturated carbocycles. The minimum atomic E-state index is -3.82. The molecule has 3 aromatic rings. The summed E-state index contributed by atoms with van der Waals surface area (Å²) in [4.78, 5) is 17.7. The highest BCUT2D eigenvalue weighted by molar-refractivity contribution is 7.89. The number of nitrogens with one attached hydrogen (secondary N) is 1. The molecule has 170 valence electrons. The van der Waals surface area contributed by atoms with Crippen LogP contribution in [0.3, 0.4) is 0 Å². The average molecular weight is 477 g/mol. The number of aryl methyl sites for hydroxylation is 1. The van der Waals surface area contributed by atoms with Crippen molar-refractivity contribution in [2.24, 2.45) is 0 Å². The maximum atomic E-state index is 13.1. The molecule has 0 spiro atoms. The summed E-state index contributed by atoms with van der Waals surface area (Å²) in [6.07, 6.45) is 0.399. The topological polar surface area (TPSA) is 85.4 Å². The van der Waals surface area contributed by atoms with Gasteiger partial charge in [0.1, 0.15) is 10.8 Å². The average Bonchev–Trinajstić information content (AvgIpc) is 3.13. The zero-order valence-electron chi connectivity index (χ0n) is 18.3. The van der Waals surface area contributed by atoms with Gasteiger partial charge in [-0.2, -0.15) is 0 Å². The van der Waals surface area contributed by atoms with Gasteiger partial charge in [-0.15, -0.1) is 11.3 Å². The number of methoxy groups -OCH3 is 1. The first-order valence-corrected chi connectivity index (χ1v) is 12.4. The molecule has 0 radical (unpaired) electrons. The van der Waals surface area contributed by atoms with E-state index in [9.17, 15) is 17.6 Å². The Morgan fingerprint density at radius 2 is 1.88 bits per heavy atom. The predicted octanol–water partition coefficient (Wildman–Crippen LogP) is 4.69. The number of sulfonamides is 1. The third kappa shape index (κ3) is 5.40. The maximum absolute atomic E-state index is 13.1. The zero-order valence-corrected chi connectivity index (χ0v) is 19.9. The third-order valence-electron chi connectivity index (χ3n) is 5.00. The maximum Gasteiger partial charge on any atom is 0.338 e. The Morgan fingerprint density at radius 3 is 2.50 bits per heavy atom. The Kier molecular flexibility index (Phi) is 7.43. The molecule has 0 atom stereocenters. The second kappa shape index (κ2) is 9.89. The first-order valence-electron chi connectivity index (χ1n) is 10.1. The molecule has 0 aliphatic heterocycles. The van der Waals surface area contributed by atoms with Gasteiger partial charge in [0.25, 0.3) is 0 Å². The molecule has 3 rings (SSSR count). The minimum Gasteiger partial charge on any atom is -0.465 e. The van der Waals surface area contributed by atoms with Crippen LogP contribution in [0.4, 0.5) is 4.39 Å². The molecular formula is C23H25FN2O4S2. The van der Waals surface area contributed by atoms with Gasteiger partial charge in [0.2, 0.25) is 10.0 Å². The monoisotopic (exact) mass is 476 g/mol. The van der Waals surface area contributed by atoms with Crippen molar-refractivity contribution in [3.63, 3.8) is 0 Å². The molecule has 0 bridgehead atoms. The van der Waals surface area contributed by atoms with Crippen molar-refractivity contribution in [1.29, 1.82) is 0 Å². The van der Waals surface area contributed by atoms with Gasteiger partial charge in [-0.1, -0.05) is 19.9 Å². The lowest BCUT2D eigenvalue weighted by atomic mass is 9.97. The van der Waals surface area contributed by atoms with Crippen LogP contribution in [0.15, 0.2) is 47.4 Å². The summed E-state index contributed by atoms with van der Waals surface area (Å²) in [7, 11) is -2.56. The van der Waals surface area contributed by atoms with Crippen LogP contribution in [-0.2, 0) is 21.2 Å². The van der Waals surface area contributed by atoms with E-state index in [0.29, 0.717) is 6.42 Å². The first-order chi connectivity index (χ1) is 15.1. The molecule has 0 aliphatic rings. The Bertz CT molecular complexity index is 1220. The van der Waals surface area contributed by atoms with Gasteiger partial charge in [-0.25, -0.2) is 27.3 Å². The largest absolute Gasteiger partial charge is 0.465 e. The van der Waals surface area contributed by atoms with Crippen LogP contribution >= 0.6 is 11.3 Å². The molecule has 0 fully saturated rings. The van der Waals surface area contributed by atoms with Crippen LogP contribution in [0.1, 0.15) is 46.3 Å². The number of rotatable bonds is 8. The Morgan fingerprint density at radius 1 is 1.19 bits per heavy atom. The lowest BCUT2D eigenvalue weighted by Crippen LogP contribution is -2.26. The number of thiazole rings is 1. The fourth-order valence-electron chi connectivity index (χ4n) is 3.26. The predicted molar refractivity (Wildman–Crippen MR) is 123 cm³/mol. The van der Waals surface area contributed by atoms with Crippen LogP contribution in [0.5, 0.6) is 0 Å². The molecule has 32 heavy (non-hydrogen) atoms. The fourth-order valence-corrected chi connectivity index (χ4v) is 5.28. The van der Waals surface area contributed by atoms with Gasteiger partial charge in [0.05, 0.1) is 23.3 Å². The summed E-state index contributed by atoms with van der Waals surface area (Å²) in [5.74, 6) is -0.845.